The van der Waals surface area contributed by atoms with E-state index in [1.165, 1.54) is 5.56 Å². The summed E-state index contributed by atoms with van der Waals surface area (Å²) >= 11 is 1.15. The number of hydrogen-bond donors (Lipinski definition) is 3. The maximum atomic E-state index is 10.7. The minimum atomic E-state index is -0.853. The van der Waals surface area contributed by atoms with Gasteiger partial charge < -0.3 is 19.8 Å². The number of aromatic nitrogens is 2. The molecule has 1 aliphatic carbocycles. The quantitative estimate of drug-likeness (QED) is 0.662. The molecule has 0 saturated carbocycles. The fourth-order valence-electron chi connectivity index (χ4n) is 3.33. The molecule has 1 aliphatic heterocycles. The zero-order chi connectivity index (χ0) is 18.1. The van der Waals surface area contributed by atoms with E-state index in [1.807, 2.05) is 29.2 Å². The molecule has 1 saturated heterocycles. The molecule has 0 unspecified atom stereocenters. The van der Waals surface area contributed by atoms with Crippen LogP contribution in [0.4, 0.5) is 11.6 Å². The van der Waals surface area contributed by atoms with E-state index in [2.05, 4.69) is 4.72 Å². The number of β-amino-alcohol motifs (C(OH)–C–C–N with tert-alkyl or cyclic N) is 1. The summed E-state index contributed by atoms with van der Waals surface area (Å²) in [7, 11) is 0. The highest BCUT2D eigenvalue weighted by Gasteiger charge is 2.29. The van der Waals surface area contributed by atoms with E-state index < -0.39 is 5.97 Å². The fraction of sp³-hybridized carbons (Fsp3) is 0.389. The lowest BCUT2D eigenvalue weighted by Gasteiger charge is -2.36. The Labute approximate surface area is 155 Å². The van der Waals surface area contributed by atoms with E-state index >= 15 is 0 Å². The normalized spacial score (nSPS) is 16.3. The average molecular weight is 372 g/mol. The number of fused-ring (bicyclic) bond motifs is 1. The number of aryl methyl sites for hydroxylation is 1. The molecule has 1 fully saturated rings. The van der Waals surface area contributed by atoms with Crippen LogP contribution in [0.3, 0.4) is 0 Å². The molecule has 1 aromatic heterocycles. The number of rotatable bonds is 6. The molecule has 136 valence electrons. The van der Waals surface area contributed by atoms with E-state index in [1.54, 1.807) is 0 Å². The van der Waals surface area contributed by atoms with Crippen molar-refractivity contribution < 1.29 is 15.0 Å². The van der Waals surface area contributed by atoms with Crippen molar-refractivity contribution in [2.45, 2.75) is 25.4 Å². The van der Waals surface area contributed by atoms with Crippen molar-refractivity contribution in [3.05, 3.63) is 35.5 Å². The van der Waals surface area contributed by atoms with Gasteiger partial charge in [0.25, 0.3) is 0 Å². The van der Waals surface area contributed by atoms with Gasteiger partial charge in [0.2, 0.25) is 5.95 Å². The summed E-state index contributed by atoms with van der Waals surface area (Å²) in [5.74, 6) is -0.174. The topological polar surface area (TPSA) is 98.6 Å². The highest BCUT2D eigenvalue weighted by molar-refractivity contribution is 8.01. The molecular weight excluding hydrogens is 352 g/mol. The number of carboxylic acid groups (broad SMARTS) is 1. The average Bonchev–Trinajstić information content (AvgIpc) is 3.06. The van der Waals surface area contributed by atoms with Gasteiger partial charge in [0.15, 0.2) is 0 Å². The number of aliphatic hydroxyl groups excluding tert-OH is 1. The molecule has 8 heteroatoms. The molecule has 0 spiro atoms. The van der Waals surface area contributed by atoms with Gasteiger partial charge in [-0.05, 0) is 43.3 Å². The van der Waals surface area contributed by atoms with Crippen LogP contribution in [0.1, 0.15) is 17.7 Å². The van der Waals surface area contributed by atoms with Crippen molar-refractivity contribution in [2.24, 2.45) is 0 Å². The number of carboxylic acids is 1. The lowest BCUT2D eigenvalue weighted by Crippen LogP contribution is -2.51. The standard InChI is InChI=1S/C18H20N4O3S/c23-13-8-22(9-13)18-19-15-6-2-5-14(15)17(20-18)11-3-1-4-12(7-11)21-26-10-16(24)25/h1,3-4,7,13,21,23H,2,5-6,8-10H2,(H,24,25). The second-order valence-corrected chi connectivity index (χ2v) is 7.36. The summed E-state index contributed by atoms with van der Waals surface area (Å²) < 4.78 is 3.07. The molecule has 1 aromatic carbocycles. The Morgan fingerprint density at radius 3 is 2.92 bits per heavy atom. The highest BCUT2D eigenvalue weighted by atomic mass is 32.2. The Balaban J connectivity index is 1.63. The highest BCUT2D eigenvalue weighted by Crippen LogP contribution is 2.34. The van der Waals surface area contributed by atoms with E-state index in [0.717, 1.165) is 53.8 Å². The van der Waals surface area contributed by atoms with Gasteiger partial charge in [0.1, 0.15) is 5.75 Å². The molecule has 0 radical (unpaired) electrons. The van der Waals surface area contributed by atoms with Crippen LogP contribution in [0.25, 0.3) is 11.3 Å². The van der Waals surface area contributed by atoms with Crippen molar-refractivity contribution in [3.8, 4) is 11.3 Å². The van der Waals surface area contributed by atoms with Crippen LogP contribution in [-0.4, -0.2) is 51.1 Å². The Morgan fingerprint density at radius 2 is 2.15 bits per heavy atom. The number of anilines is 2. The Hall–Kier alpha value is -2.32. The van der Waals surface area contributed by atoms with Crippen LogP contribution >= 0.6 is 11.9 Å². The van der Waals surface area contributed by atoms with Crippen LogP contribution in [0.15, 0.2) is 24.3 Å². The second kappa shape index (κ2) is 7.13. The Bertz CT molecular complexity index is 839. The third-order valence-electron chi connectivity index (χ3n) is 4.59. The molecule has 7 nitrogen and oxygen atoms in total. The summed E-state index contributed by atoms with van der Waals surface area (Å²) in [5.41, 5.74) is 5.08. The predicted octanol–water partition coefficient (Wildman–Crippen LogP) is 1.96. The van der Waals surface area contributed by atoms with Crippen molar-refractivity contribution in [2.75, 3.05) is 28.5 Å². The first-order valence-electron chi connectivity index (χ1n) is 8.63. The lowest BCUT2D eigenvalue weighted by atomic mass is 10.0. The van der Waals surface area contributed by atoms with E-state index in [-0.39, 0.29) is 11.9 Å². The van der Waals surface area contributed by atoms with Crippen molar-refractivity contribution in [3.63, 3.8) is 0 Å². The Kier molecular flexibility index (Phi) is 4.69. The molecular formula is C18H20N4O3S. The third-order valence-corrected chi connectivity index (χ3v) is 5.36. The minimum Gasteiger partial charge on any atom is -0.481 e. The van der Waals surface area contributed by atoms with Crippen molar-refractivity contribution in [1.29, 1.82) is 0 Å². The summed E-state index contributed by atoms with van der Waals surface area (Å²) in [6, 6.07) is 7.86. The van der Waals surface area contributed by atoms with Gasteiger partial charge in [-0.2, -0.15) is 0 Å². The molecule has 4 rings (SSSR count). The lowest BCUT2D eigenvalue weighted by molar-refractivity contribution is -0.133. The Morgan fingerprint density at radius 1 is 1.31 bits per heavy atom. The number of nitrogens with one attached hydrogen (secondary N) is 1. The molecule has 0 bridgehead atoms. The van der Waals surface area contributed by atoms with Gasteiger partial charge in [0, 0.05) is 35.6 Å². The van der Waals surface area contributed by atoms with Crippen LogP contribution in [0.2, 0.25) is 0 Å². The smallest absolute Gasteiger partial charge is 0.315 e. The number of benzene rings is 1. The maximum Gasteiger partial charge on any atom is 0.315 e. The number of nitrogens with zero attached hydrogens (tertiary/aromatic N) is 3. The minimum absolute atomic E-state index is 0.00539. The van der Waals surface area contributed by atoms with E-state index in [4.69, 9.17) is 15.1 Å². The molecule has 3 N–H and O–H groups in total. The summed E-state index contributed by atoms with van der Waals surface area (Å²) in [5, 5.41) is 18.3. The molecule has 0 atom stereocenters. The zero-order valence-electron chi connectivity index (χ0n) is 14.2. The van der Waals surface area contributed by atoms with E-state index in [9.17, 15) is 9.90 Å². The zero-order valence-corrected chi connectivity index (χ0v) is 15.0. The van der Waals surface area contributed by atoms with Crippen LogP contribution in [0, 0.1) is 0 Å². The summed E-state index contributed by atoms with van der Waals surface area (Å²) in [4.78, 5) is 22.2. The van der Waals surface area contributed by atoms with Gasteiger partial charge in [-0.15, -0.1) is 0 Å². The van der Waals surface area contributed by atoms with Gasteiger partial charge in [-0.1, -0.05) is 12.1 Å². The first kappa shape index (κ1) is 17.1. The predicted molar refractivity (Wildman–Crippen MR) is 101 cm³/mol. The molecule has 2 aromatic rings. The van der Waals surface area contributed by atoms with Crippen LogP contribution in [0.5, 0.6) is 0 Å². The first-order chi connectivity index (χ1) is 12.6. The fourth-order valence-corrected chi connectivity index (χ4v) is 3.82. The number of aliphatic hydroxyl groups is 1. The number of hydrogen-bond acceptors (Lipinski definition) is 7. The maximum absolute atomic E-state index is 10.7. The largest absolute Gasteiger partial charge is 0.481 e. The van der Waals surface area contributed by atoms with Gasteiger partial charge in [-0.3, -0.25) is 4.79 Å². The van der Waals surface area contributed by atoms with Crippen LogP contribution in [-0.2, 0) is 17.6 Å². The third kappa shape index (κ3) is 3.47. The summed E-state index contributed by atoms with van der Waals surface area (Å²) in [6.07, 6.45) is 2.71. The number of aliphatic carboxylic acids is 1. The first-order valence-corrected chi connectivity index (χ1v) is 9.61. The van der Waals surface area contributed by atoms with Crippen molar-refractivity contribution in [1.82, 2.24) is 9.97 Å². The van der Waals surface area contributed by atoms with Crippen molar-refractivity contribution >= 4 is 29.6 Å². The monoisotopic (exact) mass is 372 g/mol. The summed E-state index contributed by atoms with van der Waals surface area (Å²) in [6.45, 7) is 1.15. The number of carbonyl (C=O) groups is 1. The van der Waals surface area contributed by atoms with Gasteiger partial charge in [0.05, 0.1) is 11.8 Å². The molecule has 0 amide bonds. The molecule has 2 heterocycles. The molecule has 2 aliphatic rings. The molecule has 26 heavy (non-hydrogen) atoms. The SMILES string of the molecule is O=C(O)CSNc1cccc(-c2nc(N3CC(O)C3)nc3c2CCC3)c1. The van der Waals surface area contributed by atoms with Crippen LogP contribution < -0.4 is 9.62 Å². The van der Waals surface area contributed by atoms with Gasteiger partial charge in [-0.25, -0.2) is 9.97 Å². The second-order valence-electron chi connectivity index (χ2n) is 6.58. The van der Waals surface area contributed by atoms with E-state index in [0.29, 0.717) is 19.0 Å². The van der Waals surface area contributed by atoms with Gasteiger partial charge >= 0.3 is 5.97 Å².